The van der Waals surface area contributed by atoms with Crippen molar-refractivity contribution in [3.63, 3.8) is 0 Å². The summed E-state index contributed by atoms with van der Waals surface area (Å²) < 4.78 is 40.2. The minimum absolute atomic E-state index is 0.102. The largest absolute Gasteiger partial charge is 0.408 e. The topological polar surface area (TPSA) is 71.4 Å². The molecule has 6 nitrogen and oxygen atoms in total. The number of likely N-dealkylation sites (tertiary alicyclic amines) is 1. The first kappa shape index (κ1) is 18.0. The quantitative estimate of drug-likeness (QED) is 0.871. The summed E-state index contributed by atoms with van der Waals surface area (Å²) in [4.78, 5) is 35.9. The Labute approximate surface area is 136 Å². The van der Waals surface area contributed by atoms with Crippen LogP contribution in [-0.4, -0.2) is 46.1 Å². The second-order valence-electron chi connectivity index (χ2n) is 5.84. The third-order valence-electron chi connectivity index (χ3n) is 4.07. The Kier molecular flexibility index (Phi) is 5.00. The molecule has 0 saturated carbocycles. The van der Waals surface area contributed by atoms with Crippen molar-refractivity contribution in [2.45, 2.75) is 38.0 Å². The minimum Gasteiger partial charge on any atom is -0.348 e. The summed E-state index contributed by atoms with van der Waals surface area (Å²) in [6.45, 7) is 0.861. The maximum absolute atomic E-state index is 13.0. The summed E-state index contributed by atoms with van der Waals surface area (Å²) in [6.07, 6.45) is -3.24. The number of pyridine rings is 1. The van der Waals surface area contributed by atoms with Gasteiger partial charge < -0.3 is 14.8 Å². The van der Waals surface area contributed by atoms with E-state index in [1.165, 1.54) is 23.9 Å². The molecule has 1 fully saturated rings. The highest BCUT2D eigenvalue weighted by atomic mass is 19.4. The van der Waals surface area contributed by atoms with Crippen LogP contribution >= 0.6 is 0 Å². The molecule has 1 aliphatic rings. The highest BCUT2D eigenvalue weighted by Gasteiger charge is 2.47. The number of aryl methyl sites for hydroxylation is 1. The van der Waals surface area contributed by atoms with Crippen molar-refractivity contribution in [3.8, 4) is 0 Å². The van der Waals surface area contributed by atoms with Crippen molar-refractivity contribution in [3.05, 3.63) is 34.2 Å². The molecule has 2 amide bonds. The van der Waals surface area contributed by atoms with Crippen LogP contribution in [0, 0.1) is 0 Å². The molecular formula is C15H18F3N3O3. The van der Waals surface area contributed by atoms with Gasteiger partial charge in [0.2, 0.25) is 5.91 Å². The van der Waals surface area contributed by atoms with Crippen LogP contribution in [0.25, 0.3) is 0 Å². The zero-order valence-corrected chi connectivity index (χ0v) is 13.3. The maximum Gasteiger partial charge on any atom is 0.408 e. The van der Waals surface area contributed by atoms with Crippen molar-refractivity contribution in [2.75, 3.05) is 6.54 Å². The summed E-state index contributed by atoms with van der Waals surface area (Å²) in [5.41, 5.74) is -0.237. The summed E-state index contributed by atoms with van der Waals surface area (Å²) in [5.74, 6) is -1.24. The SMILES string of the molecule is CC(=O)N1C[C@@H](NC(=O)c2ccn(C)c(=O)c2)CC[C@H]1C(F)(F)F. The Balaban J connectivity index is 2.08. The van der Waals surface area contributed by atoms with E-state index in [-0.39, 0.29) is 30.5 Å². The molecule has 0 aliphatic carbocycles. The van der Waals surface area contributed by atoms with Crippen LogP contribution in [0.4, 0.5) is 13.2 Å². The molecule has 2 atom stereocenters. The molecule has 0 radical (unpaired) electrons. The Bertz CT molecular complexity index is 699. The molecular weight excluding hydrogens is 327 g/mol. The van der Waals surface area contributed by atoms with Gasteiger partial charge >= 0.3 is 6.18 Å². The van der Waals surface area contributed by atoms with Crippen molar-refractivity contribution in [1.29, 1.82) is 0 Å². The molecule has 0 spiro atoms. The second-order valence-corrected chi connectivity index (χ2v) is 5.84. The molecule has 9 heteroatoms. The van der Waals surface area contributed by atoms with E-state index in [4.69, 9.17) is 0 Å². The second kappa shape index (κ2) is 6.66. The van der Waals surface area contributed by atoms with E-state index in [1.54, 1.807) is 0 Å². The lowest BCUT2D eigenvalue weighted by Gasteiger charge is -2.40. The Morgan fingerprint density at radius 1 is 1.29 bits per heavy atom. The summed E-state index contributed by atoms with van der Waals surface area (Å²) >= 11 is 0. The average molecular weight is 345 g/mol. The van der Waals surface area contributed by atoms with Crippen LogP contribution in [0.1, 0.15) is 30.1 Å². The monoisotopic (exact) mass is 345 g/mol. The first-order valence-corrected chi connectivity index (χ1v) is 7.41. The summed E-state index contributed by atoms with van der Waals surface area (Å²) in [6, 6.07) is 0.177. The number of halogens is 3. The molecule has 0 unspecified atom stereocenters. The zero-order valence-electron chi connectivity index (χ0n) is 13.3. The van der Waals surface area contributed by atoms with Crippen LogP contribution in [0.5, 0.6) is 0 Å². The van der Waals surface area contributed by atoms with Crippen LogP contribution in [0.2, 0.25) is 0 Å². The van der Waals surface area contributed by atoms with Crippen molar-refractivity contribution in [1.82, 2.24) is 14.8 Å². The molecule has 132 valence electrons. The van der Waals surface area contributed by atoms with E-state index in [0.29, 0.717) is 0 Å². The minimum atomic E-state index is -4.49. The Hall–Kier alpha value is -2.32. The van der Waals surface area contributed by atoms with Crippen molar-refractivity contribution >= 4 is 11.8 Å². The molecule has 0 bridgehead atoms. The summed E-state index contributed by atoms with van der Waals surface area (Å²) in [7, 11) is 1.53. The number of rotatable bonds is 2. The van der Waals surface area contributed by atoms with Crippen LogP contribution < -0.4 is 10.9 Å². The molecule has 1 saturated heterocycles. The van der Waals surface area contributed by atoms with E-state index >= 15 is 0 Å². The Morgan fingerprint density at radius 3 is 2.50 bits per heavy atom. The molecule has 2 rings (SSSR count). The zero-order chi connectivity index (χ0) is 18.1. The third kappa shape index (κ3) is 3.95. The fourth-order valence-corrected chi connectivity index (χ4v) is 2.74. The predicted molar refractivity (Wildman–Crippen MR) is 79.4 cm³/mol. The number of carbonyl (C=O) groups is 2. The first-order valence-electron chi connectivity index (χ1n) is 7.41. The van der Waals surface area contributed by atoms with Gasteiger partial charge in [0.15, 0.2) is 0 Å². The smallest absolute Gasteiger partial charge is 0.348 e. The van der Waals surface area contributed by atoms with E-state index in [0.717, 1.165) is 17.9 Å². The standard InChI is InChI=1S/C15H18F3N3O3/c1-9(22)21-8-11(3-4-12(21)15(16,17)18)19-14(24)10-5-6-20(2)13(23)7-10/h5-7,11-12H,3-4,8H2,1-2H3,(H,19,24)/t11-,12-/m0/s1. The third-order valence-corrected chi connectivity index (χ3v) is 4.07. The number of carbonyl (C=O) groups excluding carboxylic acids is 2. The van der Waals surface area contributed by atoms with Crippen molar-refractivity contribution < 1.29 is 22.8 Å². The number of amides is 2. The highest BCUT2D eigenvalue weighted by molar-refractivity contribution is 5.94. The van der Waals surface area contributed by atoms with Gasteiger partial charge in [-0.3, -0.25) is 14.4 Å². The fourth-order valence-electron chi connectivity index (χ4n) is 2.74. The lowest BCUT2D eigenvalue weighted by molar-refractivity contribution is -0.196. The number of hydrogen-bond donors (Lipinski definition) is 1. The van der Waals surface area contributed by atoms with Crippen LogP contribution in [0.3, 0.4) is 0 Å². The highest BCUT2D eigenvalue weighted by Crippen LogP contribution is 2.32. The van der Waals surface area contributed by atoms with E-state index in [1.807, 2.05) is 0 Å². The molecule has 0 aromatic carbocycles. The van der Waals surface area contributed by atoms with Gasteiger partial charge in [0.1, 0.15) is 6.04 Å². The van der Waals surface area contributed by atoms with Gasteiger partial charge in [-0.05, 0) is 18.9 Å². The van der Waals surface area contributed by atoms with Crippen LogP contribution in [0.15, 0.2) is 23.1 Å². The molecule has 2 heterocycles. The van der Waals surface area contributed by atoms with Crippen LogP contribution in [-0.2, 0) is 11.8 Å². The van der Waals surface area contributed by atoms with E-state index in [9.17, 15) is 27.6 Å². The summed E-state index contributed by atoms with van der Waals surface area (Å²) in [5, 5.41) is 2.59. The van der Waals surface area contributed by atoms with Gasteiger partial charge in [0.05, 0.1) is 0 Å². The predicted octanol–water partition coefficient (Wildman–Crippen LogP) is 1.06. The number of piperidine rings is 1. The van der Waals surface area contributed by atoms with Crippen molar-refractivity contribution in [2.24, 2.45) is 7.05 Å². The van der Waals surface area contributed by atoms with E-state index in [2.05, 4.69) is 5.32 Å². The van der Waals surface area contributed by atoms with Gasteiger partial charge in [-0.15, -0.1) is 0 Å². The first-order chi connectivity index (χ1) is 11.1. The molecule has 1 N–H and O–H groups in total. The lowest BCUT2D eigenvalue weighted by atomic mass is 9.97. The van der Waals surface area contributed by atoms with Gasteiger partial charge in [-0.1, -0.05) is 0 Å². The molecule has 1 aromatic heterocycles. The normalized spacial score (nSPS) is 21.5. The number of aromatic nitrogens is 1. The molecule has 1 aromatic rings. The van der Waals surface area contributed by atoms with Gasteiger partial charge in [-0.2, -0.15) is 13.2 Å². The number of nitrogens with one attached hydrogen (secondary N) is 1. The Morgan fingerprint density at radius 2 is 1.96 bits per heavy atom. The molecule has 24 heavy (non-hydrogen) atoms. The fraction of sp³-hybridized carbons (Fsp3) is 0.533. The average Bonchev–Trinajstić information content (AvgIpc) is 2.48. The number of nitrogens with zero attached hydrogens (tertiary/aromatic N) is 2. The van der Waals surface area contributed by atoms with Gasteiger partial charge in [-0.25, -0.2) is 0 Å². The van der Waals surface area contributed by atoms with E-state index < -0.39 is 30.1 Å². The number of alkyl halides is 3. The van der Waals surface area contributed by atoms with Gasteiger partial charge in [0, 0.05) is 44.4 Å². The maximum atomic E-state index is 13.0. The van der Waals surface area contributed by atoms with Gasteiger partial charge in [0.25, 0.3) is 11.5 Å². The lowest BCUT2D eigenvalue weighted by Crippen LogP contribution is -2.57. The number of hydrogen-bond acceptors (Lipinski definition) is 3. The molecule has 1 aliphatic heterocycles.